The molecule has 1 atom stereocenters. The van der Waals surface area contributed by atoms with Crippen LogP contribution in [0.2, 0.25) is 5.02 Å². The molecule has 0 spiro atoms. The summed E-state index contributed by atoms with van der Waals surface area (Å²) in [5, 5.41) is 12.8. The van der Waals surface area contributed by atoms with Crippen LogP contribution in [0.4, 0.5) is 0 Å². The van der Waals surface area contributed by atoms with E-state index in [1.807, 2.05) is 22.9 Å². The van der Waals surface area contributed by atoms with Gasteiger partial charge in [-0.25, -0.2) is 13.1 Å². The molecule has 110 valence electrons. The van der Waals surface area contributed by atoms with Crippen LogP contribution < -0.4 is 4.72 Å². The van der Waals surface area contributed by atoms with Crippen LogP contribution >= 0.6 is 22.9 Å². The fraction of sp³-hybridized carbons (Fsp3) is 0.214. The number of thiophene rings is 1. The topological polar surface area (TPSA) is 70.0 Å². The summed E-state index contributed by atoms with van der Waals surface area (Å²) in [6.45, 7) is 1.80. The van der Waals surface area contributed by atoms with E-state index < -0.39 is 10.0 Å². The van der Waals surface area contributed by atoms with E-state index >= 15 is 0 Å². The third-order valence-corrected chi connectivity index (χ3v) is 5.63. The van der Waals surface area contributed by atoms with Crippen molar-refractivity contribution in [2.45, 2.75) is 24.3 Å². The maximum absolute atomic E-state index is 12.3. The number of rotatable bonds is 5. The van der Waals surface area contributed by atoms with Gasteiger partial charge in [-0.15, -0.1) is 0 Å². The minimum atomic E-state index is -3.71. The van der Waals surface area contributed by atoms with Gasteiger partial charge in [0.25, 0.3) is 0 Å². The van der Waals surface area contributed by atoms with Gasteiger partial charge in [-0.3, -0.25) is 0 Å². The van der Waals surface area contributed by atoms with E-state index in [0.29, 0.717) is 12.0 Å². The summed E-state index contributed by atoms with van der Waals surface area (Å²) in [4.78, 5) is -0.0136. The number of sulfonamides is 1. The average Bonchev–Trinajstić information content (AvgIpc) is 2.90. The molecule has 7 heteroatoms. The van der Waals surface area contributed by atoms with Crippen molar-refractivity contribution < 1.29 is 8.42 Å². The molecule has 0 saturated carbocycles. The Morgan fingerprint density at radius 1 is 1.43 bits per heavy atom. The summed E-state index contributed by atoms with van der Waals surface area (Å²) in [6.07, 6.45) is 0.608. The Balaban J connectivity index is 2.16. The summed E-state index contributed by atoms with van der Waals surface area (Å²) in [6, 6.07) is 7.76. The van der Waals surface area contributed by atoms with E-state index in [-0.39, 0.29) is 16.0 Å². The number of hydrogen-bond donors (Lipinski definition) is 1. The molecule has 0 amide bonds. The van der Waals surface area contributed by atoms with Crippen LogP contribution in [0.3, 0.4) is 0 Å². The van der Waals surface area contributed by atoms with Crippen molar-refractivity contribution in [3.8, 4) is 6.07 Å². The lowest BCUT2D eigenvalue weighted by atomic mass is 10.1. The Bertz CT molecular complexity index is 765. The van der Waals surface area contributed by atoms with Gasteiger partial charge >= 0.3 is 0 Å². The minimum absolute atomic E-state index is 0.0136. The predicted molar refractivity (Wildman–Crippen MR) is 84.0 cm³/mol. The third-order valence-electron chi connectivity index (χ3n) is 2.83. The largest absolute Gasteiger partial charge is 0.242 e. The van der Waals surface area contributed by atoms with Gasteiger partial charge in [0.1, 0.15) is 4.90 Å². The van der Waals surface area contributed by atoms with Crippen LogP contribution in [0.15, 0.2) is 39.9 Å². The molecular weight excluding hydrogens is 328 g/mol. The lowest BCUT2D eigenvalue weighted by molar-refractivity contribution is 0.560. The number of nitriles is 1. The average molecular weight is 341 g/mol. The van der Waals surface area contributed by atoms with Crippen molar-refractivity contribution in [3.63, 3.8) is 0 Å². The lowest BCUT2D eigenvalue weighted by Gasteiger charge is -2.14. The number of nitrogens with zero attached hydrogens (tertiary/aromatic N) is 1. The SMILES string of the molecule is CC(Cc1ccsc1)NS(=O)(=O)c1ccc(C#N)cc1Cl. The first-order valence-electron chi connectivity index (χ1n) is 6.15. The van der Waals surface area contributed by atoms with E-state index in [4.69, 9.17) is 16.9 Å². The van der Waals surface area contributed by atoms with Crippen LogP contribution in [0, 0.1) is 11.3 Å². The number of halogens is 1. The van der Waals surface area contributed by atoms with E-state index in [1.54, 1.807) is 18.3 Å². The van der Waals surface area contributed by atoms with Gasteiger partial charge in [0.05, 0.1) is 16.7 Å². The molecule has 0 aliphatic carbocycles. The number of benzene rings is 1. The van der Waals surface area contributed by atoms with Crippen molar-refractivity contribution in [2.75, 3.05) is 0 Å². The number of hydrogen-bond acceptors (Lipinski definition) is 4. The third kappa shape index (κ3) is 4.05. The summed E-state index contributed by atoms with van der Waals surface area (Å²) in [5.74, 6) is 0. The molecule has 0 fully saturated rings. The molecule has 1 aromatic carbocycles. The molecule has 0 radical (unpaired) electrons. The Hall–Kier alpha value is -1.39. The van der Waals surface area contributed by atoms with Gasteiger partial charge in [0.15, 0.2) is 0 Å². The standard InChI is InChI=1S/C14H13ClN2O2S2/c1-10(6-12-4-5-20-9-12)17-21(18,19)14-3-2-11(8-16)7-13(14)15/h2-5,7,9-10,17H,6H2,1H3. The van der Waals surface area contributed by atoms with Crippen LogP contribution in [0.25, 0.3) is 0 Å². The normalized spacial score (nSPS) is 12.8. The summed E-state index contributed by atoms with van der Waals surface area (Å²) >= 11 is 7.52. The zero-order chi connectivity index (χ0) is 15.5. The second-order valence-corrected chi connectivity index (χ2v) is 7.48. The predicted octanol–water partition coefficient (Wildman–Crippen LogP) is 3.18. The first-order valence-corrected chi connectivity index (χ1v) is 8.96. The number of nitrogens with one attached hydrogen (secondary N) is 1. The van der Waals surface area contributed by atoms with Crippen molar-refractivity contribution in [1.82, 2.24) is 4.72 Å². The highest BCUT2D eigenvalue weighted by Gasteiger charge is 2.20. The maximum atomic E-state index is 12.3. The summed E-state index contributed by atoms with van der Waals surface area (Å²) in [7, 11) is -3.71. The second-order valence-electron chi connectivity index (χ2n) is 4.62. The smallest absolute Gasteiger partial charge is 0.208 e. The fourth-order valence-electron chi connectivity index (χ4n) is 1.92. The first-order chi connectivity index (χ1) is 9.92. The van der Waals surface area contributed by atoms with Gasteiger partial charge in [-0.2, -0.15) is 16.6 Å². The molecule has 1 unspecified atom stereocenters. The molecule has 4 nitrogen and oxygen atoms in total. The second kappa shape index (κ2) is 6.58. The van der Waals surface area contributed by atoms with E-state index in [9.17, 15) is 8.42 Å². The molecule has 0 aliphatic heterocycles. The van der Waals surface area contributed by atoms with Crippen LogP contribution in [-0.2, 0) is 16.4 Å². The van der Waals surface area contributed by atoms with Gasteiger partial charge in [0.2, 0.25) is 10.0 Å². The monoisotopic (exact) mass is 340 g/mol. The zero-order valence-electron chi connectivity index (χ0n) is 11.2. The highest BCUT2D eigenvalue weighted by molar-refractivity contribution is 7.89. The highest BCUT2D eigenvalue weighted by Crippen LogP contribution is 2.23. The van der Waals surface area contributed by atoms with Crippen molar-refractivity contribution in [2.24, 2.45) is 0 Å². The molecule has 0 saturated heterocycles. The summed E-state index contributed by atoms with van der Waals surface area (Å²) < 4.78 is 27.2. The first kappa shape index (κ1) is 16.0. The fourth-order valence-corrected chi connectivity index (χ4v) is 4.39. The highest BCUT2D eigenvalue weighted by atomic mass is 35.5. The van der Waals surface area contributed by atoms with Crippen LogP contribution in [0.1, 0.15) is 18.1 Å². The Morgan fingerprint density at radius 2 is 2.19 bits per heavy atom. The Labute approximate surface area is 133 Å². The quantitative estimate of drug-likeness (QED) is 0.908. The van der Waals surface area contributed by atoms with E-state index in [1.165, 1.54) is 18.2 Å². The molecule has 1 heterocycles. The van der Waals surface area contributed by atoms with Gasteiger partial charge in [-0.1, -0.05) is 11.6 Å². The molecule has 0 aliphatic rings. The molecule has 2 rings (SSSR count). The zero-order valence-corrected chi connectivity index (χ0v) is 13.6. The molecule has 1 N–H and O–H groups in total. The van der Waals surface area contributed by atoms with Crippen molar-refractivity contribution in [1.29, 1.82) is 5.26 Å². The molecule has 0 bridgehead atoms. The summed E-state index contributed by atoms with van der Waals surface area (Å²) in [5.41, 5.74) is 1.41. The molecule has 21 heavy (non-hydrogen) atoms. The van der Waals surface area contributed by atoms with Gasteiger partial charge in [-0.05, 0) is 53.9 Å². The van der Waals surface area contributed by atoms with Crippen molar-refractivity contribution in [3.05, 3.63) is 51.2 Å². The molecular formula is C14H13ClN2O2S2. The van der Waals surface area contributed by atoms with Gasteiger partial charge < -0.3 is 0 Å². The Kier molecular flexibility index (Phi) is 5.01. The van der Waals surface area contributed by atoms with Gasteiger partial charge in [0, 0.05) is 6.04 Å². The maximum Gasteiger partial charge on any atom is 0.242 e. The minimum Gasteiger partial charge on any atom is -0.208 e. The van der Waals surface area contributed by atoms with E-state index in [2.05, 4.69) is 4.72 Å². The van der Waals surface area contributed by atoms with E-state index in [0.717, 1.165) is 5.56 Å². The Morgan fingerprint density at radius 3 is 2.76 bits per heavy atom. The van der Waals surface area contributed by atoms with Crippen LogP contribution in [-0.4, -0.2) is 14.5 Å². The van der Waals surface area contributed by atoms with Crippen molar-refractivity contribution >= 4 is 33.0 Å². The van der Waals surface area contributed by atoms with Crippen LogP contribution in [0.5, 0.6) is 0 Å². The molecule has 2 aromatic rings. The molecule has 1 aromatic heterocycles. The lowest BCUT2D eigenvalue weighted by Crippen LogP contribution is -2.34.